The van der Waals surface area contributed by atoms with E-state index in [-0.39, 0.29) is 23.3 Å². The Labute approximate surface area is 247 Å². The zero-order valence-electron chi connectivity index (χ0n) is 22.9. The van der Waals surface area contributed by atoms with Crippen LogP contribution in [-0.4, -0.2) is 55.2 Å². The van der Waals surface area contributed by atoms with Gasteiger partial charge in [-0.2, -0.15) is 0 Å². The van der Waals surface area contributed by atoms with Crippen LogP contribution >= 0.6 is 0 Å². The summed E-state index contributed by atoms with van der Waals surface area (Å²) < 4.78 is 36.2. The Balaban J connectivity index is 1.36. The minimum Gasteiger partial charge on any atom is -0.452 e. The van der Waals surface area contributed by atoms with Crippen molar-refractivity contribution in [2.45, 2.75) is 37.0 Å². The van der Waals surface area contributed by atoms with E-state index in [0.717, 1.165) is 5.56 Å². The molecule has 6 rings (SSSR count). The van der Waals surface area contributed by atoms with Crippen LogP contribution in [0.5, 0.6) is 0 Å². The largest absolute Gasteiger partial charge is 0.452 e. The van der Waals surface area contributed by atoms with Crippen molar-refractivity contribution in [3.63, 3.8) is 0 Å². The summed E-state index contributed by atoms with van der Waals surface area (Å²) in [6.45, 7) is 0.0301. The molecule has 2 heterocycles. The second-order valence-corrected chi connectivity index (χ2v) is 9.96. The molecule has 0 unspecified atom stereocenters. The minimum absolute atomic E-state index is 0.0301. The van der Waals surface area contributed by atoms with Crippen LogP contribution in [0.25, 0.3) is 0 Å². The van der Waals surface area contributed by atoms with Crippen molar-refractivity contribution in [3.05, 3.63) is 144 Å². The summed E-state index contributed by atoms with van der Waals surface area (Å²) in [5.41, 5.74) is 1.54. The van der Waals surface area contributed by atoms with E-state index in [1.54, 1.807) is 91.0 Å². The predicted molar refractivity (Wildman–Crippen MR) is 152 cm³/mol. The quantitative estimate of drug-likeness (QED) is 0.217. The average molecular weight is 581 g/mol. The minimum atomic E-state index is -1.45. The van der Waals surface area contributed by atoms with E-state index in [1.165, 1.54) is 0 Å². The molecule has 4 aromatic rings. The number of hydrogen-bond acceptors (Lipinski definition) is 9. The highest BCUT2D eigenvalue weighted by Crippen LogP contribution is 2.37. The molecule has 2 aliphatic heterocycles. The topological polar surface area (TPSA) is 107 Å². The molecule has 0 N–H and O–H groups in total. The lowest BCUT2D eigenvalue weighted by Crippen LogP contribution is -2.64. The molecule has 0 aromatic heterocycles. The summed E-state index contributed by atoms with van der Waals surface area (Å²) in [7, 11) is 0. The summed E-state index contributed by atoms with van der Waals surface area (Å²) in [4.78, 5) is 39.9. The van der Waals surface area contributed by atoms with Crippen molar-refractivity contribution in [3.8, 4) is 0 Å². The molecular weight excluding hydrogens is 552 g/mol. The smallest absolute Gasteiger partial charge is 0.340 e. The molecule has 218 valence electrons. The van der Waals surface area contributed by atoms with Crippen LogP contribution in [0.15, 0.2) is 121 Å². The van der Waals surface area contributed by atoms with Gasteiger partial charge in [-0.05, 0) is 36.4 Å². The molecule has 9 nitrogen and oxygen atoms in total. The van der Waals surface area contributed by atoms with Gasteiger partial charge in [-0.1, -0.05) is 84.9 Å². The second-order valence-electron chi connectivity index (χ2n) is 9.96. The van der Waals surface area contributed by atoms with Crippen LogP contribution in [-0.2, 0) is 28.4 Å². The highest BCUT2D eigenvalue weighted by molar-refractivity contribution is 5.91. The van der Waals surface area contributed by atoms with Crippen molar-refractivity contribution >= 4 is 17.9 Å². The number of fused-ring (bicyclic) bond motifs is 1. The van der Waals surface area contributed by atoms with E-state index in [9.17, 15) is 14.4 Å². The van der Waals surface area contributed by atoms with Gasteiger partial charge in [0.15, 0.2) is 12.4 Å². The lowest BCUT2D eigenvalue weighted by molar-refractivity contribution is -0.351. The summed E-state index contributed by atoms with van der Waals surface area (Å²) in [5.74, 6) is -2.11. The molecular formula is C34H28O9. The van der Waals surface area contributed by atoms with Gasteiger partial charge in [-0.15, -0.1) is 0 Å². The lowest BCUT2D eigenvalue weighted by atomic mass is 9.96. The van der Waals surface area contributed by atoms with Gasteiger partial charge < -0.3 is 28.4 Å². The number of rotatable bonds is 7. The number of benzene rings is 4. The molecule has 0 spiro atoms. The first-order chi connectivity index (χ1) is 21.1. The van der Waals surface area contributed by atoms with E-state index in [0.29, 0.717) is 0 Å². The first kappa shape index (κ1) is 28.3. The first-order valence-corrected chi connectivity index (χ1v) is 13.8. The first-order valence-electron chi connectivity index (χ1n) is 13.8. The molecule has 0 bridgehead atoms. The van der Waals surface area contributed by atoms with E-state index >= 15 is 0 Å². The fraction of sp³-hybridized carbons (Fsp3) is 0.206. The molecule has 0 aliphatic carbocycles. The highest BCUT2D eigenvalue weighted by Gasteiger charge is 2.55. The Bertz CT molecular complexity index is 1530. The molecule has 2 aliphatic rings. The van der Waals surface area contributed by atoms with Crippen molar-refractivity contribution in [2.75, 3.05) is 6.61 Å². The number of carbonyl (C=O) groups excluding carboxylic acids is 3. The Morgan fingerprint density at radius 1 is 0.535 bits per heavy atom. The molecule has 0 saturated carbocycles. The van der Waals surface area contributed by atoms with Crippen LogP contribution in [0.2, 0.25) is 0 Å². The summed E-state index contributed by atoms with van der Waals surface area (Å²) >= 11 is 0. The lowest BCUT2D eigenvalue weighted by Gasteiger charge is -2.47. The molecule has 0 radical (unpaired) electrons. The van der Waals surface area contributed by atoms with Crippen molar-refractivity contribution in [2.24, 2.45) is 0 Å². The number of carbonyl (C=O) groups is 3. The SMILES string of the molecule is O=C(O[C@@H]1O[C@@H]2CO[C@H](c3ccccc3)O[C@H]2[C@H](OC(=O)c2ccccc2)[C@H]1OC(=O)c1ccccc1)c1ccccc1. The number of esters is 3. The Morgan fingerprint density at radius 2 is 0.977 bits per heavy atom. The van der Waals surface area contributed by atoms with Gasteiger partial charge in [0, 0.05) is 5.56 Å². The highest BCUT2D eigenvalue weighted by atomic mass is 16.8. The second kappa shape index (κ2) is 13.0. The van der Waals surface area contributed by atoms with Gasteiger partial charge in [0.05, 0.1) is 23.3 Å². The molecule has 2 saturated heterocycles. The zero-order valence-corrected chi connectivity index (χ0v) is 22.9. The van der Waals surface area contributed by atoms with Gasteiger partial charge in [0.2, 0.25) is 12.4 Å². The normalized spacial score (nSPS) is 24.7. The van der Waals surface area contributed by atoms with Crippen LogP contribution in [0.1, 0.15) is 42.9 Å². The third kappa shape index (κ3) is 6.49. The van der Waals surface area contributed by atoms with Crippen molar-refractivity contribution < 1.29 is 42.8 Å². The van der Waals surface area contributed by atoms with Gasteiger partial charge in [0.25, 0.3) is 0 Å². The van der Waals surface area contributed by atoms with Crippen LogP contribution < -0.4 is 0 Å². The molecule has 4 aromatic carbocycles. The Hall–Kier alpha value is -4.83. The van der Waals surface area contributed by atoms with E-state index < -0.39 is 54.9 Å². The fourth-order valence-corrected chi connectivity index (χ4v) is 4.96. The molecule has 6 atom stereocenters. The van der Waals surface area contributed by atoms with E-state index in [2.05, 4.69) is 0 Å². The Kier molecular flexibility index (Phi) is 8.55. The summed E-state index contributed by atoms with van der Waals surface area (Å²) in [6.07, 6.45) is -6.64. The van der Waals surface area contributed by atoms with Gasteiger partial charge >= 0.3 is 17.9 Å². The van der Waals surface area contributed by atoms with E-state index in [4.69, 9.17) is 28.4 Å². The monoisotopic (exact) mass is 580 g/mol. The third-order valence-electron chi connectivity index (χ3n) is 7.09. The maximum Gasteiger partial charge on any atom is 0.340 e. The molecule has 0 amide bonds. The molecule has 43 heavy (non-hydrogen) atoms. The fourth-order valence-electron chi connectivity index (χ4n) is 4.96. The average Bonchev–Trinajstić information content (AvgIpc) is 3.07. The van der Waals surface area contributed by atoms with Crippen molar-refractivity contribution in [1.29, 1.82) is 0 Å². The molecule has 2 fully saturated rings. The van der Waals surface area contributed by atoms with E-state index in [1.807, 2.05) is 30.3 Å². The maximum absolute atomic E-state index is 13.4. The molecule has 9 heteroatoms. The van der Waals surface area contributed by atoms with Crippen LogP contribution in [0, 0.1) is 0 Å². The zero-order chi connectivity index (χ0) is 29.6. The summed E-state index contributed by atoms with van der Waals surface area (Å²) in [6, 6.07) is 34.3. The van der Waals surface area contributed by atoms with Crippen molar-refractivity contribution in [1.82, 2.24) is 0 Å². The number of ether oxygens (including phenoxy) is 6. The third-order valence-corrected chi connectivity index (χ3v) is 7.09. The van der Waals surface area contributed by atoms with Crippen LogP contribution in [0.4, 0.5) is 0 Å². The van der Waals surface area contributed by atoms with Gasteiger partial charge in [-0.25, -0.2) is 14.4 Å². The Morgan fingerprint density at radius 3 is 1.49 bits per heavy atom. The predicted octanol–water partition coefficient (Wildman–Crippen LogP) is 5.13. The number of hydrogen-bond donors (Lipinski definition) is 0. The van der Waals surface area contributed by atoms with Gasteiger partial charge in [0.1, 0.15) is 12.2 Å². The van der Waals surface area contributed by atoms with Gasteiger partial charge in [-0.3, -0.25) is 0 Å². The van der Waals surface area contributed by atoms with Crippen LogP contribution in [0.3, 0.4) is 0 Å². The summed E-state index contributed by atoms with van der Waals surface area (Å²) in [5, 5.41) is 0. The standard InChI is InChI=1S/C34H28O9/c35-30(22-13-5-1-6-14-22)40-28-27-26(21-38-33(42-27)25-19-11-4-12-20-25)39-34(43-32(37)24-17-9-3-10-18-24)29(28)41-31(36)23-15-7-2-8-16-23/h1-20,26-29,33-34H,21H2/t26-,27-,28+,29-,33+,34+/m1/s1. The maximum atomic E-state index is 13.4.